The van der Waals surface area contributed by atoms with Gasteiger partial charge in [0.2, 0.25) is 0 Å². The zero-order valence-electron chi connectivity index (χ0n) is 30.0. The molecular formula is C53H35N. The van der Waals surface area contributed by atoms with E-state index in [9.17, 15) is 0 Å². The summed E-state index contributed by atoms with van der Waals surface area (Å²) in [6, 6.07) is 63.2. The minimum absolute atomic E-state index is 0.508. The van der Waals surface area contributed by atoms with E-state index in [1.165, 1.54) is 110 Å². The second-order valence-corrected chi connectivity index (χ2v) is 14.7. The largest absolute Gasteiger partial charge is 0.273 e. The van der Waals surface area contributed by atoms with Crippen molar-refractivity contribution < 1.29 is 0 Å². The molecule has 0 aromatic heterocycles. The number of hydrogen-bond donors (Lipinski definition) is 0. The van der Waals surface area contributed by atoms with E-state index >= 15 is 0 Å². The summed E-state index contributed by atoms with van der Waals surface area (Å²) in [4.78, 5) is 4.24. The molecule has 1 heteroatoms. The van der Waals surface area contributed by atoms with E-state index in [1.807, 2.05) is 6.20 Å². The third kappa shape index (κ3) is 4.01. The molecule has 9 aromatic carbocycles. The van der Waals surface area contributed by atoms with Crippen LogP contribution in [0.5, 0.6) is 0 Å². The molecule has 0 radical (unpaired) electrons. The van der Waals surface area contributed by atoms with Crippen LogP contribution >= 0.6 is 0 Å². The molecule has 2 aliphatic rings. The average molecular weight is 686 g/mol. The Hall–Kier alpha value is -6.83. The molecule has 0 saturated carbocycles. The number of rotatable bonds is 4. The van der Waals surface area contributed by atoms with Crippen molar-refractivity contribution in [2.24, 2.45) is 4.99 Å². The molecule has 1 nitrogen and oxygen atoms in total. The second-order valence-electron chi connectivity index (χ2n) is 14.7. The van der Waals surface area contributed by atoms with E-state index in [1.54, 1.807) is 0 Å². The van der Waals surface area contributed by atoms with Crippen LogP contribution in [0.2, 0.25) is 0 Å². The van der Waals surface area contributed by atoms with Gasteiger partial charge in [-0.15, -0.1) is 0 Å². The lowest BCUT2D eigenvalue weighted by Gasteiger charge is -2.40. The summed E-state index contributed by atoms with van der Waals surface area (Å²) in [7, 11) is 0. The predicted octanol–water partition coefficient (Wildman–Crippen LogP) is 13.9. The molecule has 0 fully saturated rings. The normalized spacial score (nSPS) is 15.9. The van der Waals surface area contributed by atoms with Gasteiger partial charge in [0, 0.05) is 6.20 Å². The van der Waals surface area contributed by atoms with Gasteiger partial charge in [0.05, 0.1) is 5.41 Å². The van der Waals surface area contributed by atoms with Gasteiger partial charge in [-0.3, -0.25) is 4.99 Å². The van der Waals surface area contributed by atoms with Crippen LogP contribution in [0.25, 0.3) is 82.0 Å². The van der Waals surface area contributed by atoms with Crippen molar-refractivity contribution >= 4 is 55.4 Å². The van der Waals surface area contributed by atoms with Crippen LogP contribution in [0.3, 0.4) is 0 Å². The third-order valence-electron chi connectivity index (χ3n) is 12.2. The van der Waals surface area contributed by atoms with Crippen molar-refractivity contribution in [1.82, 2.24) is 0 Å². The molecule has 0 bridgehead atoms. The fourth-order valence-corrected chi connectivity index (χ4v) is 10.1. The van der Waals surface area contributed by atoms with Crippen molar-refractivity contribution in [2.75, 3.05) is 0 Å². The van der Waals surface area contributed by atoms with Crippen LogP contribution in [0, 0.1) is 0 Å². The summed E-state index contributed by atoms with van der Waals surface area (Å²) >= 11 is 0. The van der Waals surface area contributed by atoms with Gasteiger partial charge in [0.15, 0.2) is 0 Å². The van der Waals surface area contributed by atoms with Gasteiger partial charge >= 0.3 is 0 Å². The molecule has 252 valence electrons. The van der Waals surface area contributed by atoms with E-state index in [-0.39, 0.29) is 0 Å². The van der Waals surface area contributed by atoms with Gasteiger partial charge in [-0.1, -0.05) is 164 Å². The third-order valence-corrected chi connectivity index (χ3v) is 12.2. The molecule has 9 aromatic rings. The average Bonchev–Trinajstić information content (AvgIpc) is 3.47. The molecule has 0 N–H and O–H groups in total. The first-order chi connectivity index (χ1) is 26.7. The first-order valence-corrected chi connectivity index (χ1v) is 18.7. The Labute approximate surface area is 314 Å². The van der Waals surface area contributed by atoms with Crippen LogP contribution < -0.4 is 0 Å². The topological polar surface area (TPSA) is 12.4 Å². The molecule has 0 amide bonds. The SMILES string of the molecule is C=N/C=C\C1=C(C)c2cc(-c3c4ccccc4c(-c4cccc5ccccc45)c4ccccc34)ccc2C12c1ccccc1-c1cccc3cccc2c13. The van der Waals surface area contributed by atoms with Gasteiger partial charge in [0.1, 0.15) is 0 Å². The van der Waals surface area contributed by atoms with Gasteiger partial charge in [-0.2, -0.15) is 0 Å². The molecule has 1 atom stereocenters. The molecule has 54 heavy (non-hydrogen) atoms. The van der Waals surface area contributed by atoms with Crippen LogP contribution in [0.4, 0.5) is 0 Å². The zero-order valence-corrected chi connectivity index (χ0v) is 30.0. The summed E-state index contributed by atoms with van der Waals surface area (Å²) < 4.78 is 0. The standard InChI is InChI=1S/C53H35N/c1-33-45-32-36(50-41-20-5-7-22-43(41)52(44-23-8-6-21-42(44)50)39-24-11-15-34-14-3-4-18-37(34)39)28-29-48(45)53(46(33)30-31-54-2)47-26-10-9-19-38(47)40-25-12-16-35-17-13-27-49(53)51(35)40/h3-32H,2H2,1H3/b31-30-. The summed E-state index contributed by atoms with van der Waals surface area (Å²) in [5.41, 5.74) is 14.8. The van der Waals surface area contributed by atoms with Crippen LogP contribution in [0.1, 0.15) is 29.2 Å². The van der Waals surface area contributed by atoms with Crippen LogP contribution in [-0.4, -0.2) is 6.72 Å². The maximum atomic E-state index is 4.24. The van der Waals surface area contributed by atoms with Crippen molar-refractivity contribution in [2.45, 2.75) is 12.3 Å². The van der Waals surface area contributed by atoms with Crippen molar-refractivity contribution in [3.63, 3.8) is 0 Å². The fourth-order valence-electron chi connectivity index (χ4n) is 10.1. The number of aliphatic imine (C=N–C) groups is 1. The number of allylic oxidation sites excluding steroid dienone is 3. The number of benzene rings is 9. The van der Waals surface area contributed by atoms with E-state index in [0.29, 0.717) is 0 Å². The van der Waals surface area contributed by atoms with Gasteiger partial charge in [-0.25, -0.2) is 0 Å². The summed E-state index contributed by atoms with van der Waals surface area (Å²) in [5, 5.41) is 10.1. The van der Waals surface area contributed by atoms with Gasteiger partial charge in [-0.05, 0) is 136 Å². The van der Waals surface area contributed by atoms with E-state index < -0.39 is 5.41 Å². The molecule has 11 rings (SSSR count). The summed E-state index contributed by atoms with van der Waals surface area (Å²) in [6.07, 6.45) is 4.07. The van der Waals surface area contributed by atoms with Crippen molar-refractivity contribution in [3.05, 3.63) is 210 Å². The van der Waals surface area contributed by atoms with Gasteiger partial charge in [0.25, 0.3) is 0 Å². The number of fused-ring (bicyclic) bond motifs is 9. The lowest BCUT2D eigenvalue weighted by atomic mass is 9.61. The Kier molecular flexibility index (Phi) is 6.60. The first-order valence-electron chi connectivity index (χ1n) is 18.7. The Morgan fingerprint density at radius 3 is 1.74 bits per heavy atom. The molecule has 2 aliphatic carbocycles. The molecule has 0 aliphatic heterocycles. The minimum atomic E-state index is -0.508. The highest BCUT2D eigenvalue weighted by Crippen LogP contribution is 2.61. The van der Waals surface area contributed by atoms with Gasteiger partial charge < -0.3 is 0 Å². The quantitative estimate of drug-likeness (QED) is 0.129. The monoisotopic (exact) mass is 685 g/mol. The summed E-state index contributed by atoms with van der Waals surface area (Å²) in [6.45, 7) is 6.14. The Morgan fingerprint density at radius 2 is 1.00 bits per heavy atom. The Balaban J connectivity index is 1.23. The van der Waals surface area contributed by atoms with E-state index in [0.717, 1.165) is 0 Å². The van der Waals surface area contributed by atoms with E-state index in [2.05, 4.69) is 195 Å². The number of nitrogens with zero attached hydrogens (tertiary/aromatic N) is 1. The highest BCUT2D eigenvalue weighted by atomic mass is 14.6. The summed E-state index contributed by atoms with van der Waals surface area (Å²) in [5.74, 6) is 0. The molecule has 0 heterocycles. The highest BCUT2D eigenvalue weighted by Gasteiger charge is 2.50. The predicted molar refractivity (Wildman–Crippen MR) is 230 cm³/mol. The maximum absolute atomic E-state index is 4.24. The molecule has 1 unspecified atom stereocenters. The fraction of sp³-hybridized carbons (Fsp3) is 0.0377. The Bertz CT molecular complexity index is 3070. The van der Waals surface area contributed by atoms with E-state index in [4.69, 9.17) is 0 Å². The Morgan fingerprint density at radius 1 is 0.463 bits per heavy atom. The maximum Gasteiger partial charge on any atom is 0.0722 e. The highest BCUT2D eigenvalue weighted by molar-refractivity contribution is 6.23. The van der Waals surface area contributed by atoms with Crippen LogP contribution in [-0.2, 0) is 5.41 Å². The molecule has 1 spiro atoms. The first kappa shape index (κ1) is 30.8. The lowest BCUT2D eigenvalue weighted by Crippen LogP contribution is -2.32. The zero-order chi connectivity index (χ0) is 36.0. The number of hydrogen-bond acceptors (Lipinski definition) is 1. The molecular weight excluding hydrogens is 651 g/mol. The second kappa shape index (κ2) is 11.6. The lowest BCUT2D eigenvalue weighted by molar-refractivity contribution is 0.766. The minimum Gasteiger partial charge on any atom is -0.273 e. The van der Waals surface area contributed by atoms with Crippen molar-refractivity contribution in [1.29, 1.82) is 0 Å². The molecule has 0 saturated heterocycles. The smallest absolute Gasteiger partial charge is 0.0722 e. The van der Waals surface area contributed by atoms with Crippen LogP contribution in [0.15, 0.2) is 193 Å². The van der Waals surface area contributed by atoms with Crippen molar-refractivity contribution in [3.8, 4) is 33.4 Å².